The van der Waals surface area contributed by atoms with Crippen LogP contribution in [0.4, 0.5) is 4.39 Å². The second-order valence-electron chi connectivity index (χ2n) is 6.59. The normalized spacial score (nSPS) is 13.1. The van der Waals surface area contributed by atoms with Crippen LogP contribution in [0.3, 0.4) is 0 Å². The van der Waals surface area contributed by atoms with Crippen molar-refractivity contribution in [2.24, 2.45) is 0 Å². The van der Waals surface area contributed by atoms with E-state index in [0.717, 1.165) is 18.5 Å². The van der Waals surface area contributed by atoms with Crippen LogP contribution < -0.4 is 5.32 Å². The van der Waals surface area contributed by atoms with Crippen LogP contribution in [0.15, 0.2) is 24.3 Å². The van der Waals surface area contributed by atoms with Gasteiger partial charge >= 0.3 is 0 Å². The van der Waals surface area contributed by atoms with E-state index in [1.54, 1.807) is 23.1 Å². The number of carbonyl (C=O) groups excluding carboxylic acids is 2. The number of amides is 2. The van der Waals surface area contributed by atoms with Gasteiger partial charge in [-0.3, -0.25) is 9.59 Å². The maximum absolute atomic E-state index is 13.8. The van der Waals surface area contributed by atoms with Crippen molar-refractivity contribution in [2.75, 3.05) is 13.1 Å². The first-order chi connectivity index (χ1) is 13.1. The topological polar surface area (TPSA) is 67.2 Å². The Balaban J connectivity index is 1.85. The predicted molar refractivity (Wildman–Crippen MR) is 100.0 cm³/mol. The van der Waals surface area contributed by atoms with Gasteiger partial charge in [0.25, 0.3) is 11.8 Å². The molecule has 2 aromatic rings. The molecule has 0 saturated heterocycles. The summed E-state index contributed by atoms with van der Waals surface area (Å²) in [6, 6.07) is 6.33. The van der Waals surface area contributed by atoms with Crippen LogP contribution in [0.1, 0.15) is 59.1 Å². The Kier molecular flexibility index (Phi) is 5.88. The van der Waals surface area contributed by atoms with Crippen LogP contribution >= 0.6 is 0 Å². The molecule has 1 N–H and O–H groups in total. The van der Waals surface area contributed by atoms with Gasteiger partial charge in [-0.05, 0) is 39.2 Å². The summed E-state index contributed by atoms with van der Waals surface area (Å²) in [7, 11) is 0. The third kappa shape index (κ3) is 3.86. The highest BCUT2D eigenvalue weighted by Crippen LogP contribution is 2.22. The lowest BCUT2D eigenvalue weighted by Crippen LogP contribution is -2.33. The number of fused-ring (bicyclic) bond motifs is 1. The fraction of sp³-hybridized carbons (Fsp3) is 0.450. The summed E-state index contributed by atoms with van der Waals surface area (Å²) in [5.41, 5.74) is 1.49. The largest absolute Gasteiger partial charge is 0.346 e. The molecule has 7 heteroatoms. The maximum Gasteiger partial charge on any atom is 0.289 e. The Morgan fingerprint density at radius 2 is 1.96 bits per heavy atom. The van der Waals surface area contributed by atoms with E-state index in [2.05, 4.69) is 10.3 Å². The Morgan fingerprint density at radius 3 is 2.67 bits per heavy atom. The first kappa shape index (κ1) is 19.1. The standard InChI is InChI=1S/C20H25FN4O2/c1-3-24(4-2)20(27)18-23-17(16-11-7-8-12-25(16)18)19(26)22-13-14-9-5-6-10-15(14)21/h5-6,9-10H,3-4,7-8,11-13H2,1-2H3,(H,22,26). The van der Waals surface area contributed by atoms with Crippen LogP contribution in [0, 0.1) is 5.82 Å². The molecule has 144 valence electrons. The van der Waals surface area contributed by atoms with Gasteiger partial charge < -0.3 is 14.8 Å². The third-order valence-electron chi connectivity index (χ3n) is 4.97. The van der Waals surface area contributed by atoms with Crippen molar-refractivity contribution in [1.29, 1.82) is 0 Å². The lowest BCUT2D eigenvalue weighted by Gasteiger charge is -2.21. The van der Waals surface area contributed by atoms with Gasteiger partial charge in [0.05, 0.1) is 5.69 Å². The molecule has 0 radical (unpaired) electrons. The number of nitrogens with one attached hydrogen (secondary N) is 1. The molecule has 0 aliphatic carbocycles. The van der Waals surface area contributed by atoms with Crippen LogP contribution in [0.2, 0.25) is 0 Å². The average molecular weight is 372 g/mol. The number of rotatable bonds is 6. The second-order valence-corrected chi connectivity index (χ2v) is 6.59. The quantitative estimate of drug-likeness (QED) is 0.848. The van der Waals surface area contributed by atoms with E-state index >= 15 is 0 Å². The highest BCUT2D eigenvalue weighted by Gasteiger charge is 2.29. The molecule has 2 amide bonds. The van der Waals surface area contributed by atoms with Gasteiger partial charge in [-0.1, -0.05) is 18.2 Å². The van der Waals surface area contributed by atoms with Gasteiger partial charge in [-0.15, -0.1) is 0 Å². The molecule has 1 aliphatic rings. The summed E-state index contributed by atoms with van der Waals surface area (Å²) in [5, 5.41) is 2.74. The van der Waals surface area contributed by atoms with E-state index in [0.29, 0.717) is 37.4 Å². The minimum absolute atomic E-state index is 0.0805. The van der Waals surface area contributed by atoms with Gasteiger partial charge in [-0.25, -0.2) is 9.37 Å². The lowest BCUT2D eigenvalue weighted by molar-refractivity contribution is 0.0754. The Labute approximate surface area is 158 Å². The number of carbonyl (C=O) groups is 2. The van der Waals surface area contributed by atoms with Gasteiger partial charge in [-0.2, -0.15) is 0 Å². The van der Waals surface area contributed by atoms with Gasteiger partial charge in [0, 0.05) is 31.7 Å². The number of hydrogen-bond acceptors (Lipinski definition) is 3. The zero-order valence-corrected chi connectivity index (χ0v) is 15.8. The Bertz CT molecular complexity index is 843. The number of hydrogen-bond donors (Lipinski definition) is 1. The summed E-state index contributed by atoms with van der Waals surface area (Å²) in [6.45, 7) is 5.79. The molecular weight excluding hydrogens is 347 g/mol. The highest BCUT2D eigenvalue weighted by molar-refractivity contribution is 5.97. The van der Waals surface area contributed by atoms with Crippen molar-refractivity contribution in [1.82, 2.24) is 19.8 Å². The molecule has 0 atom stereocenters. The monoisotopic (exact) mass is 372 g/mol. The molecule has 27 heavy (non-hydrogen) atoms. The summed E-state index contributed by atoms with van der Waals surface area (Å²) < 4.78 is 15.6. The van der Waals surface area contributed by atoms with Crippen LogP contribution in [0.5, 0.6) is 0 Å². The molecule has 0 bridgehead atoms. The van der Waals surface area contributed by atoms with Crippen molar-refractivity contribution in [2.45, 2.75) is 46.2 Å². The van der Waals surface area contributed by atoms with Crippen molar-refractivity contribution < 1.29 is 14.0 Å². The van der Waals surface area contributed by atoms with E-state index in [1.165, 1.54) is 6.07 Å². The first-order valence-corrected chi connectivity index (χ1v) is 9.47. The fourth-order valence-corrected chi connectivity index (χ4v) is 3.44. The zero-order valence-electron chi connectivity index (χ0n) is 15.8. The number of aromatic nitrogens is 2. The molecule has 0 fully saturated rings. The molecule has 3 rings (SSSR count). The number of benzene rings is 1. The number of nitrogens with zero attached hydrogens (tertiary/aromatic N) is 3. The summed E-state index contributed by atoms with van der Waals surface area (Å²) in [6.07, 6.45) is 2.62. The van der Waals surface area contributed by atoms with E-state index in [1.807, 2.05) is 18.4 Å². The SMILES string of the molecule is CCN(CC)C(=O)c1nc(C(=O)NCc2ccccc2F)c2n1CCCC2. The smallest absolute Gasteiger partial charge is 0.289 e. The maximum atomic E-state index is 13.8. The molecule has 2 heterocycles. The minimum Gasteiger partial charge on any atom is -0.346 e. The first-order valence-electron chi connectivity index (χ1n) is 9.47. The van der Waals surface area contributed by atoms with Gasteiger partial charge in [0.15, 0.2) is 5.82 Å². The lowest BCUT2D eigenvalue weighted by atomic mass is 10.1. The zero-order chi connectivity index (χ0) is 19.4. The Hall–Kier alpha value is -2.70. The molecular formula is C20H25FN4O2. The molecule has 1 aromatic carbocycles. The van der Waals surface area contributed by atoms with E-state index < -0.39 is 0 Å². The second kappa shape index (κ2) is 8.33. The van der Waals surface area contributed by atoms with Crippen LogP contribution in [-0.4, -0.2) is 39.4 Å². The van der Waals surface area contributed by atoms with Crippen LogP contribution in [-0.2, 0) is 19.5 Å². The molecule has 6 nitrogen and oxygen atoms in total. The Morgan fingerprint density at radius 1 is 1.22 bits per heavy atom. The van der Waals surface area contributed by atoms with Crippen molar-refractivity contribution in [3.63, 3.8) is 0 Å². The van der Waals surface area contributed by atoms with Crippen molar-refractivity contribution >= 4 is 11.8 Å². The predicted octanol–water partition coefficient (Wildman–Crippen LogP) is 2.77. The minimum atomic E-state index is -0.373. The van der Waals surface area contributed by atoms with Gasteiger partial charge in [0.1, 0.15) is 11.5 Å². The van der Waals surface area contributed by atoms with Crippen LogP contribution in [0.25, 0.3) is 0 Å². The van der Waals surface area contributed by atoms with Gasteiger partial charge in [0.2, 0.25) is 0 Å². The fourth-order valence-electron chi connectivity index (χ4n) is 3.44. The summed E-state index contributed by atoms with van der Waals surface area (Å²) >= 11 is 0. The number of imidazole rings is 1. The molecule has 0 saturated carbocycles. The average Bonchev–Trinajstić information content (AvgIpc) is 3.08. The molecule has 1 aliphatic heterocycles. The molecule has 1 aromatic heterocycles. The van der Waals surface area contributed by atoms with E-state index in [9.17, 15) is 14.0 Å². The number of halogens is 1. The highest BCUT2D eigenvalue weighted by atomic mass is 19.1. The summed E-state index contributed by atoms with van der Waals surface area (Å²) in [4.78, 5) is 31.6. The van der Waals surface area contributed by atoms with E-state index in [-0.39, 0.29) is 29.9 Å². The van der Waals surface area contributed by atoms with Crippen molar-refractivity contribution in [3.05, 3.63) is 52.9 Å². The van der Waals surface area contributed by atoms with E-state index in [4.69, 9.17) is 0 Å². The molecule has 0 unspecified atom stereocenters. The molecule has 0 spiro atoms. The third-order valence-corrected chi connectivity index (χ3v) is 4.97. The summed E-state index contributed by atoms with van der Waals surface area (Å²) in [5.74, 6) is -0.565. The van der Waals surface area contributed by atoms with Crippen molar-refractivity contribution in [3.8, 4) is 0 Å².